The average Bonchev–Trinajstić information content (AvgIpc) is 3.37. The highest BCUT2D eigenvalue weighted by Crippen LogP contribution is 2.37. The van der Waals surface area contributed by atoms with Gasteiger partial charge in [0.05, 0.1) is 56.8 Å². The molecule has 0 atom stereocenters. The fraction of sp³-hybridized carbons (Fsp3) is 0.467. The van der Waals surface area contributed by atoms with Crippen molar-refractivity contribution in [2.75, 3.05) is 19.8 Å². The predicted molar refractivity (Wildman–Crippen MR) is 239 cm³/mol. The highest BCUT2D eigenvalue weighted by Gasteiger charge is 2.52. The van der Waals surface area contributed by atoms with Crippen molar-refractivity contribution in [2.45, 2.75) is 117 Å². The lowest BCUT2D eigenvalue weighted by molar-refractivity contribution is 0.00578. The summed E-state index contributed by atoms with van der Waals surface area (Å²) in [5.41, 5.74) is -4.01. The van der Waals surface area contributed by atoms with Gasteiger partial charge in [0, 0.05) is 55.1 Å². The molecule has 5 rings (SSSR count). The number of hydrogen-bond donors (Lipinski definition) is 5. The Hall–Kier alpha value is -3.86. The minimum atomic E-state index is -0.977. The zero-order valence-corrected chi connectivity index (χ0v) is 41.2. The highest BCUT2D eigenvalue weighted by atomic mass is 79.9. The van der Waals surface area contributed by atoms with E-state index in [1.165, 1.54) is 0 Å². The van der Waals surface area contributed by atoms with Gasteiger partial charge in [-0.1, -0.05) is 0 Å². The molecule has 0 radical (unpaired) electrons. The Morgan fingerprint density at radius 2 is 0.758 bits per heavy atom. The van der Waals surface area contributed by atoms with Crippen LogP contribution in [0.4, 0.5) is 35.1 Å². The molecule has 0 amide bonds. The SMILES string of the molecule is CC(C)(O)CCOc1cc(F)c(B2OC(C)(C)C(C)(C)O2)cc1F.CC(C)(O)CCOc1cc(F)c(Br)cc1F.CC(C)(O)CCOc1cc(F)c(O)cc1F.Oc1cc(F)c(Br)cc1F. The van der Waals surface area contributed by atoms with Crippen LogP contribution in [0.5, 0.6) is 28.7 Å². The van der Waals surface area contributed by atoms with Crippen LogP contribution in [0.25, 0.3) is 0 Å². The van der Waals surface area contributed by atoms with E-state index in [0.29, 0.717) is 25.0 Å². The van der Waals surface area contributed by atoms with E-state index in [1.54, 1.807) is 41.5 Å². The first kappa shape index (κ1) is 58.3. The molecule has 0 aliphatic carbocycles. The van der Waals surface area contributed by atoms with E-state index in [1.807, 2.05) is 27.7 Å². The van der Waals surface area contributed by atoms with E-state index in [-0.39, 0.29) is 57.9 Å². The maximum atomic E-state index is 14.4. The lowest BCUT2D eigenvalue weighted by Crippen LogP contribution is -2.41. The lowest BCUT2D eigenvalue weighted by Gasteiger charge is -2.32. The van der Waals surface area contributed by atoms with Crippen LogP contribution in [0.2, 0.25) is 0 Å². The Morgan fingerprint density at radius 3 is 1.14 bits per heavy atom. The zero-order chi connectivity index (χ0) is 50.7. The molecule has 5 N–H and O–H groups in total. The van der Waals surface area contributed by atoms with Crippen molar-refractivity contribution < 1.29 is 84.2 Å². The topological polar surface area (TPSA) is 147 Å². The minimum Gasteiger partial charge on any atom is -0.505 e. The van der Waals surface area contributed by atoms with Gasteiger partial charge in [-0.05, 0) is 119 Å². The van der Waals surface area contributed by atoms with Gasteiger partial charge in [0.25, 0.3) is 0 Å². The number of aromatic hydroxyl groups is 2. The van der Waals surface area contributed by atoms with E-state index >= 15 is 0 Å². The van der Waals surface area contributed by atoms with Gasteiger partial charge in [-0.25, -0.2) is 35.1 Å². The molecule has 1 saturated heterocycles. The average molecular weight is 1080 g/mol. The molecular weight excluding hydrogens is 1020 g/mol. The standard InChI is InChI=1S/C17H25BF2O4.C11H13BrF2O2.C11H14F2O3.C6H3BrF2O/c1-15(2,21)7-8-22-14-10-12(19)11(9-13(14)20)18-23-16(3,4)17(5,6)24-18;1-11(2,15)3-4-16-10-6-8(13)7(12)5-9(10)14;1-11(2,15)3-4-16-10-6-7(12)9(14)5-8(10)13;7-3-1-5(9)6(10)2-4(3)8/h9-10,21H,7-8H2,1-6H3;5-6,15H,3-4H2,1-2H3;5-6,14-15H,3-4H2,1-2H3;1-2,10H. The molecule has 1 fully saturated rings. The van der Waals surface area contributed by atoms with Gasteiger partial charge in [-0.3, -0.25) is 0 Å². The molecule has 4 aromatic carbocycles. The maximum Gasteiger partial charge on any atom is 0.497 e. The van der Waals surface area contributed by atoms with Gasteiger partial charge in [0.1, 0.15) is 17.5 Å². The van der Waals surface area contributed by atoms with Crippen LogP contribution in [-0.2, 0) is 9.31 Å². The largest absolute Gasteiger partial charge is 0.505 e. The second-order valence-corrected chi connectivity index (χ2v) is 19.5. The number of rotatable bonds is 13. The number of ether oxygens (including phenoxy) is 3. The number of aliphatic hydroxyl groups is 3. The van der Waals surface area contributed by atoms with Gasteiger partial charge in [0.15, 0.2) is 57.8 Å². The monoisotopic (exact) mass is 1080 g/mol. The highest BCUT2D eigenvalue weighted by molar-refractivity contribution is 9.10. The van der Waals surface area contributed by atoms with Gasteiger partial charge in [-0.15, -0.1) is 0 Å². The van der Waals surface area contributed by atoms with Crippen LogP contribution in [-0.4, -0.2) is 80.5 Å². The van der Waals surface area contributed by atoms with Crippen LogP contribution in [0.1, 0.15) is 88.5 Å². The van der Waals surface area contributed by atoms with Gasteiger partial charge in [-0.2, -0.15) is 0 Å². The summed E-state index contributed by atoms with van der Waals surface area (Å²) >= 11 is 5.62. The van der Waals surface area contributed by atoms with Crippen molar-refractivity contribution in [2.24, 2.45) is 0 Å². The van der Waals surface area contributed by atoms with Crippen LogP contribution in [0, 0.1) is 46.5 Å². The molecular formula is C45H55BBr2F8O10. The van der Waals surface area contributed by atoms with Gasteiger partial charge in [0.2, 0.25) is 0 Å². The van der Waals surface area contributed by atoms with E-state index in [0.717, 1.165) is 36.4 Å². The van der Waals surface area contributed by atoms with Crippen LogP contribution >= 0.6 is 31.9 Å². The van der Waals surface area contributed by atoms with E-state index in [9.17, 15) is 50.4 Å². The van der Waals surface area contributed by atoms with Crippen molar-refractivity contribution in [3.8, 4) is 28.7 Å². The maximum absolute atomic E-state index is 14.4. The van der Waals surface area contributed by atoms with Crippen LogP contribution < -0.4 is 19.7 Å². The van der Waals surface area contributed by atoms with Crippen molar-refractivity contribution in [1.82, 2.24) is 0 Å². The van der Waals surface area contributed by atoms with E-state index in [2.05, 4.69) is 31.9 Å². The number of phenols is 2. The molecule has 0 spiro atoms. The molecule has 66 heavy (non-hydrogen) atoms. The quantitative estimate of drug-likeness (QED) is 0.0498. The third-order valence-electron chi connectivity index (χ3n) is 9.44. The van der Waals surface area contributed by atoms with Crippen LogP contribution in [0.15, 0.2) is 57.5 Å². The van der Waals surface area contributed by atoms with Crippen molar-refractivity contribution in [3.05, 3.63) is 104 Å². The fourth-order valence-electron chi connectivity index (χ4n) is 4.79. The summed E-state index contributed by atoms with van der Waals surface area (Å²) in [5, 5.41) is 45.9. The van der Waals surface area contributed by atoms with Gasteiger partial charge < -0.3 is 49.1 Å². The predicted octanol–water partition coefficient (Wildman–Crippen LogP) is 10.7. The lowest BCUT2D eigenvalue weighted by atomic mass is 9.78. The minimum absolute atomic E-state index is 0.000915. The van der Waals surface area contributed by atoms with Crippen molar-refractivity contribution in [1.29, 1.82) is 0 Å². The Bertz CT molecular complexity index is 2090. The second-order valence-electron chi connectivity index (χ2n) is 17.8. The summed E-state index contributed by atoms with van der Waals surface area (Å²) in [6.07, 6.45) is 0.923. The first-order chi connectivity index (χ1) is 30.0. The normalized spacial score (nSPS) is 14.3. The first-order valence-corrected chi connectivity index (χ1v) is 21.7. The van der Waals surface area contributed by atoms with Gasteiger partial charge >= 0.3 is 7.12 Å². The molecule has 0 aromatic heterocycles. The summed E-state index contributed by atoms with van der Waals surface area (Å²) in [7, 11) is -0.977. The molecule has 10 nitrogen and oxygen atoms in total. The summed E-state index contributed by atoms with van der Waals surface area (Å²) in [5.74, 6) is -7.94. The second kappa shape index (κ2) is 23.9. The van der Waals surface area contributed by atoms with Crippen LogP contribution in [0.3, 0.4) is 0 Å². The summed E-state index contributed by atoms with van der Waals surface area (Å²) in [4.78, 5) is 0. The smallest absolute Gasteiger partial charge is 0.497 e. The molecule has 1 heterocycles. The fourth-order valence-corrected chi connectivity index (χ4v) is 5.42. The molecule has 0 unspecified atom stereocenters. The zero-order valence-electron chi connectivity index (χ0n) is 38.0. The summed E-state index contributed by atoms with van der Waals surface area (Å²) in [6, 6.07) is 7.00. The molecule has 4 aromatic rings. The van der Waals surface area contributed by atoms with E-state index < -0.39 is 93.2 Å². The first-order valence-electron chi connectivity index (χ1n) is 20.1. The molecule has 368 valence electrons. The molecule has 21 heteroatoms. The van der Waals surface area contributed by atoms with Crippen molar-refractivity contribution in [3.63, 3.8) is 0 Å². The molecule has 0 bridgehead atoms. The number of phenolic OH excluding ortho intramolecular Hbond substituents is 2. The molecule has 1 aliphatic heterocycles. The Morgan fingerprint density at radius 1 is 0.470 bits per heavy atom. The Kier molecular flexibility index (Phi) is 21.1. The molecule has 1 aliphatic rings. The molecule has 0 saturated carbocycles. The number of halogens is 10. The summed E-state index contributed by atoms with van der Waals surface area (Å²) < 4.78 is 132. The van der Waals surface area contributed by atoms with E-state index in [4.69, 9.17) is 33.7 Å². The number of benzene rings is 4. The summed E-state index contributed by atoms with van der Waals surface area (Å²) in [6.45, 7) is 17.3. The third-order valence-corrected chi connectivity index (χ3v) is 10.7. The third kappa shape index (κ3) is 19.4. The Labute approximate surface area is 396 Å². The Balaban J connectivity index is 0.000000316. The van der Waals surface area contributed by atoms with Crippen molar-refractivity contribution >= 4 is 44.4 Å². The number of hydrogen-bond acceptors (Lipinski definition) is 10.